The highest BCUT2D eigenvalue weighted by molar-refractivity contribution is 7.26. The average Bonchev–Trinajstić information content (AvgIpc) is 2.87. The van der Waals surface area contributed by atoms with Crippen molar-refractivity contribution in [2.45, 2.75) is 65.2 Å². The Hall–Kier alpha value is -0.480. The third-order valence-electron chi connectivity index (χ3n) is 3.05. The summed E-state index contributed by atoms with van der Waals surface area (Å²) < 4.78 is 0. The summed E-state index contributed by atoms with van der Waals surface area (Å²) in [4.78, 5) is 11.7. The molecule has 2 rings (SSSR count). The third-order valence-corrected chi connectivity index (χ3v) is 5.20. The molecule has 0 N–H and O–H groups in total. The van der Waals surface area contributed by atoms with Crippen LogP contribution in [0.5, 0.6) is 0 Å². The minimum atomic E-state index is 1.13. The van der Waals surface area contributed by atoms with Crippen molar-refractivity contribution < 1.29 is 0 Å². The highest BCUT2D eigenvalue weighted by Gasteiger charge is 2.09. The van der Waals surface area contributed by atoms with Crippen LogP contribution in [-0.2, 0) is 12.8 Å². The molecule has 100 valence electrons. The second-order valence-corrected chi connectivity index (χ2v) is 6.86. The molecule has 2 aromatic heterocycles. The zero-order valence-electron chi connectivity index (χ0n) is 11.4. The van der Waals surface area contributed by atoms with Crippen LogP contribution in [0.2, 0.25) is 0 Å². The second kappa shape index (κ2) is 7.19. The molecule has 0 amide bonds. The molecule has 0 aliphatic rings. The van der Waals surface area contributed by atoms with Crippen molar-refractivity contribution in [1.82, 2.24) is 9.97 Å². The lowest BCUT2D eigenvalue weighted by Gasteiger charge is -1.94. The van der Waals surface area contributed by atoms with Crippen molar-refractivity contribution >= 4 is 32.3 Å². The van der Waals surface area contributed by atoms with Gasteiger partial charge in [-0.3, -0.25) is 0 Å². The molecule has 2 heterocycles. The van der Waals surface area contributed by atoms with Gasteiger partial charge in [0.2, 0.25) is 0 Å². The van der Waals surface area contributed by atoms with Crippen molar-refractivity contribution in [3.63, 3.8) is 0 Å². The van der Waals surface area contributed by atoms with Crippen LogP contribution in [0.1, 0.15) is 62.4 Å². The maximum absolute atomic E-state index is 4.71. The van der Waals surface area contributed by atoms with Crippen LogP contribution in [0.15, 0.2) is 0 Å². The monoisotopic (exact) mass is 282 g/mol. The summed E-state index contributed by atoms with van der Waals surface area (Å²) in [5.74, 6) is 0. The number of hydrogen-bond donors (Lipinski definition) is 0. The van der Waals surface area contributed by atoms with Crippen LogP contribution < -0.4 is 0 Å². The molecular weight excluding hydrogens is 260 g/mol. The van der Waals surface area contributed by atoms with Gasteiger partial charge in [0.25, 0.3) is 0 Å². The summed E-state index contributed by atoms with van der Waals surface area (Å²) in [7, 11) is 0. The third kappa shape index (κ3) is 3.75. The van der Waals surface area contributed by atoms with Gasteiger partial charge < -0.3 is 0 Å². The van der Waals surface area contributed by atoms with E-state index in [2.05, 4.69) is 13.8 Å². The summed E-state index contributed by atoms with van der Waals surface area (Å²) in [6.07, 6.45) is 9.96. The van der Waals surface area contributed by atoms with E-state index in [1.54, 1.807) is 22.7 Å². The van der Waals surface area contributed by atoms with E-state index in [-0.39, 0.29) is 0 Å². The van der Waals surface area contributed by atoms with E-state index in [9.17, 15) is 0 Å². The van der Waals surface area contributed by atoms with Gasteiger partial charge in [0.1, 0.15) is 0 Å². The zero-order valence-corrected chi connectivity index (χ0v) is 13.0. The minimum absolute atomic E-state index is 1.13. The van der Waals surface area contributed by atoms with Crippen molar-refractivity contribution in [2.24, 2.45) is 0 Å². The highest BCUT2D eigenvalue weighted by Crippen LogP contribution is 2.28. The standard InChI is InChI=1S/C14H22N2S2/c1-3-5-7-9-11-15-13-14(17-11)16-12(18-13)10-8-6-4-2/h3-10H2,1-2H3. The van der Waals surface area contributed by atoms with E-state index in [1.807, 2.05) is 0 Å². The quantitative estimate of drug-likeness (QED) is 0.620. The lowest BCUT2D eigenvalue weighted by molar-refractivity contribution is 0.715. The maximum Gasteiger partial charge on any atom is 0.155 e. The van der Waals surface area contributed by atoms with E-state index in [0.29, 0.717) is 0 Å². The number of nitrogens with zero attached hydrogens (tertiary/aromatic N) is 2. The Balaban J connectivity index is 1.92. The Morgan fingerprint density at radius 2 is 1.17 bits per heavy atom. The molecule has 0 aromatic carbocycles. The Bertz CT molecular complexity index is 402. The summed E-state index contributed by atoms with van der Waals surface area (Å²) in [5, 5.41) is 2.55. The normalized spacial score (nSPS) is 11.4. The van der Waals surface area contributed by atoms with Crippen molar-refractivity contribution in [2.75, 3.05) is 0 Å². The Morgan fingerprint density at radius 3 is 1.56 bits per heavy atom. The fourth-order valence-electron chi connectivity index (χ4n) is 1.99. The molecule has 18 heavy (non-hydrogen) atoms. The topological polar surface area (TPSA) is 25.8 Å². The van der Waals surface area contributed by atoms with Crippen LogP contribution in [0.4, 0.5) is 0 Å². The second-order valence-electron chi connectivity index (χ2n) is 4.74. The number of rotatable bonds is 8. The molecule has 2 nitrogen and oxygen atoms in total. The highest BCUT2D eigenvalue weighted by atomic mass is 32.1. The van der Waals surface area contributed by atoms with Crippen LogP contribution >= 0.6 is 22.7 Å². The molecule has 0 spiro atoms. The predicted octanol–water partition coefficient (Wildman–Crippen LogP) is 5.22. The van der Waals surface area contributed by atoms with Gasteiger partial charge in [0.05, 0.1) is 10.0 Å². The van der Waals surface area contributed by atoms with Gasteiger partial charge in [-0.1, -0.05) is 62.2 Å². The van der Waals surface area contributed by atoms with Crippen LogP contribution in [0.3, 0.4) is 0 Å². The van der Waals surface area contributed by atoms with E-state index in [4.69, 9.17) is 9.97 Å². The maximum atomic E-state index is 4.71. The molecule has 0 unspecified atom stereocenters. The first kappa shape index (κ1) is 13.9. The molecule has 0 aliphatic heterocycles. The largest absolute Gasteiger partial charge is 0.228 e. The van der Waals surface area contributed by atoms with Crippen molar-refractivity contribution in [3.05, 3.63) is 10.0 Å². The summed E-state index contributed by atoms with van der Waals surface area (Å²) >= 11 is 3.59. The first-order valence-electron chi connectivity index (χ1n) is 7.08. The number of hydrogen-bond acceptors (Lipinski definition) is 4. The first-order chi connectivity index (χ1) is 8.83. The average molecular weight is 282 g/mol. The Labute approximate surface area is 117 Å². The van der Waals surface area contributed by atoms with Gasteiger partial charge in [-0.15, -0.1) is 0 Å². The van der Waals surface area contributed by atoms with Gasteiger partial charge in [-0.05, 0) is 25.7 Å². The Morgan fingerprint density at radius 1 is 0.722 bits per heavy atom. The lowest BCUT2D eigenvalue weighted by atomic mass is 10.2. The fourth-order valence-corrected chi connectivity index (χ4v) is 4.15. The number of unbranched alkanes of at least 4 members (excludes halogenated alkanes) is 4. The van der Waals surface area contributed by atoms with Gasteiger partial charge >= 0.3 is 0 Å². The predicted molar refractivity (Wildman–Crippen MR) is 81.8 cm³/mol. The summed E-state index contributed by atoms with van der Waals surface area (Å²) in [5.41, 5.74) is 0. The molecule has 0 saturated carbocycles. The molecule has 0 saturated heterocycles. The van der Waals surface area contributed by atoms with E-state index in [0.717, 1.165) is 22.5 Å². The molecular formula is C14H22N2S2. The molecule has 0 fully saturated rings. The molecule has 0 atom stereocenters. The summed E-state index contributed by atoms with van der Waals surface area (Å²) in [6.45, 7) is 4.48. The Kier molecular flexibility index (Phi) is 5.57. The molecule has 4 heteroatoms. The molecule has 0 radical (unpaired) electrons. The molecule has 0 bridgehead atoms. The number of fused-ring (bicyclic) bond motifs is 1. The van der Waals surface area contributed by atoms with Crippen LogP contribution in [-0.4, -0.2) is 9.97 Å². The number of aromatic nitrogens is 2. The van der Waals surface area contributed by atoms with E-state index in [1.165, 1.54) is 48.5 Å². The van der Waals surface area contributed by atoms with Crippen molar-refractivity contribution in [1.29, 1.82) is 0 Å². The smallest absolute Gasteiger partial charge is 0.155 e. The zero-order chi connectivity index (χ0) is 12.8. The van der Waals surface area contributed by atoms with Gasteiger partial charge in [0, 0.05) is 0 Å². The van der Waals surface area contributed by atoms with Gasteiger partial charge in [0.15, 0.2) is 9.66 Å². The van der Waals surface area contributed by atoms with Gasteiger partial charge in [-0.25, -0.2) is 9.97 Å². The lowest BCUT2D eigenvalue weighted by Crippen LogP contribution is -1.84. The van der Waals surface area contributed by atoms with E-state index >= 15 is 0 Å². The van der Waals surface area contributed by atoms with Crippen molar-refractivity contribution in [3.8, 4) is 0 Å². The number of aryl methyl sites for hydroxylation is 2. The van der Waals surface area contributed by atoms with Crippen LogP contribution in [0.25, 0.3) is 9.66 Å². The molecule has 0 aliphatic carbocycles. The fraction of sp³-hybridized carbons (Fsp3) is 0.714. The summed E-state index contributed by atoms with van der Waals surface area (Å²) in [6, 6.07) is 0. The molecule has 2 aromatic rings. The van der Waals surface area contributed by atoms with Gasteiger partial charge in [-0.2, -0.15) is 0 Å². The van der Waals surface area contributed by atoms with Crippen LogP contribution in [0, 0.1) is 0 Å². The first-order valence-corrected chi connectivity index (χ1v) is 8.72. The minimum Gasteiger partial charge on any atom is -0.228 e. The number of thiazole rings is 2. The SMILES string of the molecule is CCCCCc1nc2sc(CCCCC)nc2s1. The van der Waals surface area contributed by atoms with E-state index < -0.39 is 0 Å².